The van der Waals surface area contributed by atoms with Gasteiger partial charge in [0.2, 0.25) is 0 Å². The lowest BCUT2D eigenvalue weighted by Gasteiger charge is -2.06. The molecule has 1 N–H and O–H groups in total. The number of rotatable bonds is 17. The molecule has 0 aliphatic heterocycles. The second-order valence-corrected chi connectivity index (χ2v) is 6.78. The highest BCUT2D eigenvalue weighted by atomic mass is 16.5. The van der Waals surface area contributed by atoms with Crippen LogP contribution in [0.25, 0.3) is 0 Å². The summed E-state index contributed by atoms with van der Waals surface area (Å²) in [7, 11) is 0. The number of hydrogen-bond donors (Lipinski definition) is 1. The van der Waals surface area contributed by atoms with Crippen molar-refractivity contribution in [1.29, 1.82) is 0 Å². The Hall–Kier alpha value is -0.830. The molecule has 3 heteroatoms. The van der Waals surface area contributed by atoms with E-state index in [9.17, 15) is 4.79 Å². The summed E-state index contributed by atoms with van der Waals surface area (Å²) >= 11 is 0. The van der Waals surface area contributed by atoms with Crippen LogP contribution in [0.3, 0.4) is 0 Å². The molecule has 0 aliphatic rings. The third-order valence-electron chi connectivity index (χ3n) is 4.24. The highest BCUT2D eigenvalue weighted by Crippen LogP contribution is 2.10. The number of unbranched alkanes of at least 4 members (excludes halogenated alkanes) is 12. The molecule has 0 spiro atoms. The van der Waals surface area contributed by atoms with Gasteiger partial charge in [-0.2, -0.15) is 0 Å². The number of aliphatic hydroxyl groups is 1. The lowest BCUT2D eigenvalue weighted by molar-refractivity contribution is -0.152. The number of esters is 1. The highest BCUT2D eigenvalue weighted by molar-refractivity contribution is 5.73. The van der Waals surface area contributed by atoms with E-state index in [0.29, 0.717) is 6.61 Å². The van der Waals surface area contributed by atoms with Gasteiger partial charge in [0.15, 0.2) is 0 Å². The van der Waals surface area contributed by atoms with Crippen LogP contribution in [0.1, 0.15) is 104 Å². The Balaban J connectivity index is 3.14. The summed E-state index contributed by atoms with van der Waals surface area (Å²) in [5.74, 6) is -0.511. The summed E-state index contributed by atoms with van der Waals surface area (Å²) in [6, 6.07) is 0. The highest BCUT2D eigenvalue weighted by Gasteiger charge is 2.08. The first-order valence-corrected chi connectivity index (χ1v) is 10.2. The first kappa shape index (κ1) is 23.2. The number of carbonyl (C=O) groups is 1. The van der Waals surface area contributed by atoms with E-state index in [1.165, 1.54) is 84.0 Å². The number of carbonyl (C=O) groups excluding carboxylic acids is 1. The molecule has 1 unspecified atom stereocenters. The molecule has 0 heterocycles. The van der Waals surface area contributed by atoms with E-state index in [2.05, 4.69) is 19.1 Å². The monoisotopic (exact) mass is 340 g/mol. The molecule has 0 fully saturated rings. The molecule has 0 radical (unpaired) electrons. The third kappa shape index (κ3) is 17.5. The van der Waals surface area contributed by atoms with Gasteiger partial charge in [-0.3, -0.25) is 0 Å². The van der Waals surface area contributed by atoms with Gasteiger partial charge in [0.25, 0.3) is 0 Å². The van der Waals surface area contributed by atoms with Crippen molar-refractivity contribution in [2.45, 2.75) is 110 Å². The Kier molecular flexibility index (Phi) is 17.9. The van der Waals surface area contributed by atoms with Crippen LogP contribution in [0.2, 0.25) is 0 Å². The van der Waals surface area contributed by atoms with Gasteiger partial charge in [-0.1, -0.05) is 76.9 Å². The molecule has 0 amide bonds. The summed E-state index contributed by atoms with van der Waals surface area (Å²) in [6.07, 6.45) is 21.5. The van der Waals surface area contributed by atoms with Crippen LogP contribution in [0.15, 0.2) is 12.2 Å². The first-order chi connectivity index (χ1) is 11.7. The average Bonchev–Trinajstić information content (AvgIpc) is 2.57. The fraction of sp³-hybridized carbons (Fsp3) is 0.857. The van der Waals surface area contributed by atoms with Crippen molar-refractivity contribution in [2.75, 3.05) is 6.61 Å². The second kappa shape index (κ2) is 18.5. The molecule has 24 heavy (non-hydrogen) atoms. The molecular weight excluding hydrogens is 300 g/mol. The van der Waals surface area contributed by atoms with Crippen LogP contribution in [-0.2, 0) is 9.53 Å². The van der Waals surface area contributed by atoms with E-state index in [4.69, 9.17) is 9.84 Å². The summed E-state index contributed by atoms with van der Waals surface area (Å²) in [5, 5.41) is 8.98. The van der Waals surface area contributed by atoms with Crippen molar-refractivity contribution >= 4 is 5.97 Å². The predicted molar refractivity (Wildman–Crippen MR) is 102 cm³/mol. The zero-order valence-corrected chi connectivity index (χ0v) is 16.1. The molecule has 142 valence electrons. The van der Waals surface area contributed by atoms with Gasteiger partial charge in [0.05, 0.1) is 6.61 Å². The first-order valence-electron chi connectivity index (χ1n) is 10.2. The molecule has 0 bridgehead atoms. The number of hydrogen-bond acceptors (Lipinski definition) is 3. The Labute approximate surface area is 149 Å². The molecular formula is C21H40O3. The zero-order valence-electron chi connectivity index (χ0n) is 16.1. The van der Waals surface area contributed by atoms with Gasteiger partial charge in [0, 0.05) is 0 Å². The number of allylic oxidation sites excluding steroid dienone is 2. The average molecular weight is 341 g/mol. The van der Waals surface area contributed by atoms with Crippen LogP contribution in [0, 0.1) is 0 Å². The number of aliphatic hydroxyl groups excluding tert-OH is 1. The lowest BCUT2D eigenvalue weighted by Crippen LogP contribution is -2.19. The normalized spacial score (nSPS) is 12.6. The summed E-state index contributed by atoms with van der Waals surface area (Å²) < 4.78 is 4.92. The van der Waals surface area contributed by atoms with Crippen LogP contribution >= 0.6 is 0 Å². The van der Waals surface area contributed by atoms with Gasteiger partial charge in [0.1, 0.15) is 6.10 Å². The predicted octanol–water partition coefficient (Wildman–Crippen LogP) is 5.95. The number of ether oxygens (including phenoxy) is 1. The molecule has 0 rings (SSSR count). The van der Waals surface area contributed by atoms with E-state index >= 15 is 0 Å². The van der Waals surface area contributed by atoms with Gasteiger partial charge in [-0.15, -0.1) is 0 Å². The Morgan fingerprint density at radius 3 is 1.79 bits per heavy atom. The second-order valence-electron chi connectivity index (χ2n) is 6.78. The minimum absolute atomic E-state index is 0.435. The summed E-state index contributed by atoms with van der Waals surface area (Å²) in [5.41, 5.74) is 0. The van der Waals surface area contributed by atoms with Gasteiger partial charge in [-0.05, 0) is 39.0 Å². The van der Waals surface area contributed by atoms with Crippen LogP contribution in [0.5, 0.6) is 0 Å². The molecule has 0 saturated heterocycles. The van der Waals surface area contributed by atoms with Crippen LogP contribution in [0.4, 0.5) is 0 Å². The van der Waals surface area contributed by atoms with Crippen LogP contribution < -0.4 is 0 Å². The third-order valence-corrected chi connectivity index (χ3v) is 4.24. The largest absolute Gasteiger partial charge is 0.464 e. The maximum atomic E-state index is 11.0. The molecule has 0 aromatic heterocycles. The van der Waals surface area contributed by atoms with E-state index in [0.717, 1.165) is 12.8 Å². The minimum Gasteiger partial charge on any atom is -0.464 e. The molecule has 0 aliphatic carbocycles. The molecule has 0 aromatic rings. The maximum Gasteiger partial charge on any atom is 0.334 e. The Morgan fingerprint density at radius 1 is 0.833 bits per heavy atom. The lowest BCUT2D eigenvalue weighted by atomic mass is 10.1. The molecule has 0 saturated carbocycles. The van der Waals surface area contributed by atoms with Crippen molar-refractivity contribution in [1.82, 2.24) is 0 Å². The molecule has 0 aromatic carbocycles. The quantitative estimate of drug-likeness (QED) is 0.202. The van der Waals surface area contributed by atoms with Crippen molar-refractivity contribution in [2.24, 2.45) is 0 Å². The fourth-order valence-electron chi connectivity index (χ4n) is 2.64. The standard InChI is InChI=1S/C21H40O3/c1-3-4-5-6-7-8-9-10-11-12-13-14-15-16-17-18-19-24-21(23)20(2)22/h10-11,20,22H,3-9,12-19H2,1-2H3/b11-10+. The van der Waals surface area contributed by atoms with Gasteiger partial charge >= 0.3 is 5.97 Å². The van der Waals surface area contributed by atoms with Crippen molar-refractivity contribution in [3.05, 3.63) is 12.2 Å². The van der Waals surface area contributed by atoms with E-state index in [1.54, 1.807) is 0 Å². The van der Waals surface area contributed by atoms with Gasteiger partial charge in [-0.25, -0.2) is 4.79 Å². The summed E-state index contributed by atoms with van der Waals surface area (Å²) in [4.78, 5) is 11.0. The van der Waals surface area contributed by atoms with E-state index < -0.39 is 12.1 Å². The topological polar surface area (TPSA) is 46.5 Å². The minimum atomic E-state index is -1.00. The van der Waals surface area contributed by atoms with E-state index in [1.807, 2.05) is 0 Å². The fourth-order valence-corrected chi connectivity index (χ4v) is 2.64. The van der Waals surface area contributed by atoms with Crippen molar-refractivity contribution in [3.63, 3.8) is 0 Å². The SMILES string of the molecule is CCCCCCCC/C=C/CCCCCCCCOC(=O)C(C)O. The summed E-state index contributed by atoms with van der Waals surface area (Å²) in [6.45, 7) is 4.13. The van der Waals surface area contributed by atoms with Gasteiger partial charge < -0.3 is 9.84 Å². The van der Waals surface area contributed by atoms with Crippen molar-refractivity contribution in [3.8, 4) is 0 Å². The Morgan fingerprint density at radius 2 is 1.29 bits per heavy atom. The Bertz CT molecular complexity index is 297. The molecule has 1 atom stereocenters. The van der Waals surface area contributed by atoms with Crippen molar-refractivity contribution < 1.29 is 14.6 Å². The zero-order chi connectivity index (χ0) is 17.9. The van der Waals surface area contributed by atoms with E-state index in [-0.39, 0.29) is 0 Å². The smallest absolute Gasteiger partial charge is 0.334 e. The molecule has 3 nitrogen and oxygen atoms in total. The van der Waals surface area contributed by atoms with Crippen LogP contribution in [-0.4, -0.2) is 23.8 Å². The maximum absolute atomic E-state index is 11.0.